The van der Waals surface area contributed by atoms with Crippen molar-refractivity contribution in [2.24, 2.45) is 5.10 Å². The number of para-hydroxylation sites is 1. The molecule has 0 unspecified atom stereocenters. The van der Waals surface area contributed by atoms with Crippen LogP contribution >= 0.6 is 0 Å². The summed E-state index contributed by atoms with van der Waals surface area (Å²) in [6.07, 6.45) is 1.70. The van der Waals surface area contributed by atoms with Crippen LogP contribution in [-0.4, -0.2) is 29.1 Å². The van der Waals surface area contributed by atoms with Gasteiger partial charge in [-0.2, -0.15) is 9.78 Å². The van der Waals surface area contributed by atoms with E-state index >= 15 is 0 Å². The minimum Gasteiger partial charge on any atom is -0.496 e. The van der Waals surface area contributed by atoms with Crippen LogP contribution in [0.2, 0.25) is 0 Å². The minimum absolute atomic E-state index is 0.0896. The van der Waals surface area contributed by atoms with Gasteiger partial charge < -0.3 is 13.9 Å². The van der Waals surface area contributed by atoms with Gasteiger partial charge in [0.15, 0.2) is 5.76 Å². The van der Waals surface area contributed by atoms with Crippen LogP contribution in [0.4, 0.5) is 0 Å². The fraction of sp³-hybridized carbons (Fsp3) is 0.148. The highest BCUT2D eigenvalue weighted by Crippen LogP contribution is 2.32. The fourth-order valence-corrected chi connectivity index (χ4v) is 3.74. The van der Waals surface area contributed by atoms with Crippen LogP contribution in [0.3, 0.4) is 0 Å². The van der Waals surface area contributed by atoms with E-state index in [1.54, 1.807) is 31.5 Å². The van der Waals surface area contributed by atoms with Crippen LogP contribution in [0.1, 0.15) is 19.4 Å². The van der Waals surface area contributed by atoms with Crippen LogP contribution in [0.25, 0.3) is 33.5 Å². The summed E-state index contributed by atoms with van der Waals surface area (Å²) in [5.74, 6) is 2.17. The topological polar surface area (TPSA) is 78.9 Å². The minimum atomic E-state index is -0.288. The third kappa shape index (κ3) is 4.03. The van der Waals surface area contributed by atoms with Crippen molar-refractivity contribution >= 4 is 28.1 Å². The van der Waals surface area contributed by atoms with Crippen LogP contribution < -0.4 is 15.0 Å². The maximum atomic E-state index is 13.4. The van der Waals surface area contributed by atoms with Crippen molar-refractivity contribution in [2.75, 3.05) is 7.11 Å². The predicted molar refractivity (Wildman–Crippen MR) is 133 cm³/mol. The van der Waals surface area contributed by atoms with Gasteiger partial charge in [0.2, 0.25) is 5.82 Å². The molecule has 2 heterocycles. The first-order chi connectivity index (χ1) is 16.5. The van der Waals surface area contributed by atoms with Crippen molar-refractivity contribution in [2.45, 2.75) is 20.0 Å². The molecule has 0 N–H and O–H groups in total. The van der Waals surface area contributed by atoms with Crippen LogP contribution in [0, 0.1) is 0 Å². The van der Waals surface area contributed by atoms with Crippen LogP contribution in [0.5, 0.6) is 11.5 Å². The summed E-state index contributed by atoms with van der Waals surface area (Å²) in [7, 11) is 1.60. The van der Waals surface area contributed by atoms with E-state index in [4.69, 9.17) is 18.9 Å². The van der Waals surface area contributed by atoms with Crippen molar-refractivity contribution in [1.29, 1.82) is 0 Å². The van der Waals surface area contributed by atoms with Crippen molar-refractivity contribution in [3.63, 3.8) is 0 Å². The van der Waals surface area contributed by atoms with Gasteiger partial charge in [0.05, 0.1) is 35.7 Å². The lowest BCUT2D eigenvalue weighted by Crippen LogP contribution is -2.20. The molecule has 7 nitrogen and oxygen atoms in total. The molecule has 0 radical (unpaired) electrons. The molecule has 0 aliphatic heterocycles. The molecule has 0 spiro atoms. The number of fused-ring (bicyclic) bond motifs is 2. The molecule has 170 valence electrons. The Morgan fingerprint density at radius 3 is 2.56 bits per heavy atom. The molecule has 0 saturated heterocycles. The molecule has 3 aromatic carbocycles. The number of aromatic nitrogens is 2. The summed E-state index contributed by atoms with van der Waals surface area (Å²) in [6, 6.07) is 22.0. The number of hydrogen-bond acceptors (Lipinski definition) is 6. The number of hydrogen-bond donors (Lipinski definition) is 0. The molecule has 0 aliphatic rings. The van der Waals surface area contributed by atoms with Crippen molar-refractivity contribution in [1.82, 2.24) is 9.66 Å². The standard InChI is InChI=1S/C27H23N3O4/c1-17(2)33-19-13-11-18(12-14-19)16-28-30-26(29-22-8-5-4-7-20(22)27(30)31)25-15-21-23(32-3)9-6-10-24(21)34-25/h4-17H,1-3H3. The van der Waals surface area contributed by atoms with Crippen molar-refractivity contribution in [3.8, 4) is 23.1 Å². The Hall–Kier alpha value is -4.39. The third-order valence-corrected chi connectivity index (χ3v) is 5.29. The summed E-state index contributed by atoms with van der Waals surface area (Å²) in [5, 5.41) is 5.75. The van der Waals surface area contributed by atoms with E-state index in [9.17, 15) is 4.79 Å². The molecule has 0 saturated carbocycles. The van der Waals surface area contributed by atoms with E-state index in [1.165, 1.54) is 4.68 Å². The van der Waals surface area contributed by atoms with Crippen LogP contribution in [-0.2, 0) is 0 Å². The van der Waals surface area contributed by atoms with Gasteiger partial charge in [0.1, 0.15) is 17.1 Å². The van der Waals surface area contributed by atoms with E-state index < -0.39 is 0 Å². The van der Waals surface area contributed by atoms with Gasteiger partial charge in [0, 0.05) is 0 Å². The van der Waals surface area contributed by atoms with Gasteiger partial charge in [-0.3, -0.25) is 4.79 Å². The maximum Gasteiger partial charge on any atom is 0.282 e. The molecule has 2 aromatic heterocycles. The van der Waals surface area contributed by atoms with Gasteiger partial charge >= 0.3 is 0 Å². The zero-order valence-electron chi connectivity index (χ0n) is 19.1. The second-order valence-corrected chi connectivity index (χ2v) is 8.03. The summed E-state index contributed by atoms with van der Waals surface area (Å²) in [4.78, 5) is 18.1. The summed E-state index contributed by atoms with van der Waals surface area (Å²) in [5.41, 5.74) is 1.72. The first-order valence-electron chi connectivity index (χ1n) is 10.9. The van der Waals surface area contributed by atoms with E-state index in [0.717, 1.165) is 16.7 Å². The number of furan rings is 1. The molecule has 0 fully saturated rings. The Labute approximate surface area is 195 Å². The quantitative estimate of drug-likeness (QED) is 0.318. The lowest BCUT2D eigenvalue weighted by molar-refractivity contribution is 0.242. The lowest BCUT2D eigenvalue weighted by Gasteiger charge is -2.09. The number of benzene rings is 3. The summed E-state index contributed by atoms with van der Waals surface area (Å²) in [6.45, 7) is 3.95. The Morgan fingerprint density at radius 1 is 1.00 bits per heavy atom. The first-order valence-corrected chi connectivity index (χ1v) is 10.9. The highest BCUT2D eigenvalue weighted by Gasteiger charge is 2.17. The van der Waals surface area contributed by atoms with E-state index in [2.05, 4.69) is 5.10 Å². The molecule has 0 amide bonds. The Balaban J connectivity index is 1.64. The maximum absolute atomic E-state index is 13.4. The fourth-order valence-electron chi connectivity index (χ4n) is 3.74. The Bertz CT molecular complexity index is 1560. The van der Waals surface area contributed by atoms with Crippen LogP contribution in [0.15, 0.2) is 87.1 Å². The molecular formula is C27H23N3O4. The largest absolute Gasteiger partial charge is 0.496 e. The highest BCUT2D eigenvalue weighted by atomic mass is 16.5. The zero-order chi connectivity index (χ0) is 23.7. The van der Waals surface area contributed by atoms with Crippen molar-refractivity contribution < 1.29 is 13.9 Å². The first kappa shape index (κ1) is 21.5. The van der Waals surface area contributed by atoms with Gasteiger partial charge in [-0.05, 0) is 74.0 Å². The average Bonchev–Trinajstić information content (AvgIpc) is 3.28. The Kier molecular flexibility index (Phi) is 5.59. The smallest absolute Gasteiger partial charge is 0.282 e. The number of nitrogens with zero attached hydrogens (tertiary/aromatic N) is 3. The lowest BCUT2D eigenvalue weighted by atomic mass is 10.2. The zero-order valence-corrected chi connectivity index (χ0v) is 19.1. The van der Waals surface area contributed by atoms with E-state index in [0.29, 0.717) is 33.8 Å². The third-order valence-electron chi connectivity index (χ3n) is 5.29. The monoisotopic (exact) mass is 453 g/mol. The van der Waals surface area contributed by atoms with Crippen molar-refractivity contribution in [3.05, 3.63) is 88.7 Å². The summed E-state index contributed by atoms with van der Waals surface area (Å²) >= 11 is 0. The normalized spacial score (nSPS) is 11.6. The number of ether oxygens (including phenoxy) is 2. The van der Waals surface area contributed by atoms with Gasteiger partial charge in [-0.1, -0.05) is 18.2 Å². The highest BCUT2D eigenvalue weighted by molar-refractivity contribution is 5.88. The molecule has 0 atom stereocenters. The molecule has 7 heteroatoms. The van der Waals surface area contributed by atoms with Gasteiger partial charge in [-0.25, -0.2) is 4.98 Å². The second kappa shape index (κ2) is 8.86. The average molecular weight is 453 g/mol. The number of methoxy groups -OCH3 is 1. The molecule has 5 rings (SSSR count). The second-order valence-electron chi connectivity index (χ2n) is 8.03. The van der Waals surface area contributed by atoms with E-state index in [1.807, 2.05) is 68.4 Å². The van der Waals surface area contributed by atoms with E-state index in [-0.39, 0.29) is 11.7 Å². The Morgan fingerprint density at radius 2 is 1.79 bits per heavy atom. The molecular weight excluding hydrogens is 430 g/mol. The number of rotatable bonds is 6. The predicted octanol–water partition coefficient (Wildman–Crippen LogP) is 5.49. The van der Waals surface area contributed by atoms with Gasteiger partial charge in [-0.15, -0.1) is 0 Å². The SMILES string of the molecule is COc1cccc2oc(-c3nc4ccccc4c(=O)n3N=Cc3ccc(OC(C)C)cc3)cc12. The molecule has 5 aromatic rings. The molecule has 0 aliphatic carbocycles. The molecule has 0 bridgehead atoms. The van der Waals surface area contributed by atoms with Gasteiger partial charge in [0.25, 0.3) is 5.56 Å². The summed E-state index contributed by atoms with van der Waals surface area (Å²) < 4.78 is 18.5. The molecule has 34 heavy (non-hydrogen) atoms.